The SMILES string of the molecule is CC(=O)NCC(O)c1n[nH]c(=S)o1. The highest BCUT2D eigenvalue weighted by Crippen LogP contribution is 2.07. The Morgan fingerprint density at radius 1 is 1.92 bits per heavy atom. The molecule has 0 aliphatic carbocycles. The number of aliphatic hydroxyl groups is 1. The topological polar surface area (TPSA) is 91.1 Å². The van der Waals surface area contributed by atoms with E-state index in [4.69, 9.17) is 4.42 Å². The Bertz CT molecular complexity index is 345. The van der Waals surface area contributed by atoms with E-state index < -0.39 is 6.10 Å². The fraction of sp³-hybridized carbons (Fsp3) is 0.500. The number of hydrogen-bond acceptors (Lipinski definition) is 5. The van der Waals surface area contributed by atoms with Crippen LogP contribution in [0.4, 0.5) is 0 Å². The van der Waals surface area contributed by atoms with Crippen molar-refractivity contribution in [3.63, 3.8) is 0 Å². The summed E-state index contributed by atoms with van der Waals surface area (Å²) in [7, 11) is 0. The highest BCUT2D eigenvalue weighted by molar-refractivity contribution is 7.71. The second-order valence-electron chi connectivity index (χ2n) is 2.40. The van der Waals surface area contributed by atoms with Crippen molar-refractivity contribution in [2.24, 2.45) is 0 Å². The lowest BCUT2D eigenvalue weighted by molar-refractivity contribution is -0.119. The van der Waals surface area contributed by atoms with Gasteiger partial charge in [-0.3, -0.25) is 4.79 Å². The summed E-state index contributed by atoms with van der Waals surface area (Å²) in [5.74, 6) is -0.160. The average molecular weight is 203 g/mol. The zero-order valence-corrected chi connectivity index (χ0v) is 7.72. The molecule has 0 aliphatic rings. The van der Waals surface area contributed by atoms with Crippen LogP contribution in [0.25, 0.3) is 0 Å². The normalized spacial score (nSPS) is 12.5. The Morgan fingerprint density at radius 3 is 3.08 bits per heavy atom. The summed E-state index contributed by atoms with van der Waals surface area (Å²) in [6.07, 6.45) is -0.975. The number of nitrogens with one attached hydrogen (secondary N) is 2. The van der Waals surface area contributed by atoms with Crippen molar-refractivity contribution in [2.75, 3.05) is 6.54 Å². The van der Waals surface area contributed by atoms with Crippen LogP contribution in [0.5, 0.6) is 0 Å². The van der Waals surface area contributed by atoms with Crippen molar-refractivity contribution in [3.8, 4) is 0 Å². The van der Waals surface area contributed by atoms with Crippen molar-refractivity contribution in [1.82, 2.24) is 15.5 Å². The first-order valence-corrected chi connectivity index (χ1v) is 3.98. The number of carbonyl (C=O) groups excluding carboxylic acids is 1. The second-order valence-corrected chi connectivity index (χ2v) is 2.78. The molecule has 0 aliphatic heterocycles. The maximum absolute atomic E-state index is 10.5. The highest BCUT2D eigenvalue weighted by Gasteiger charge is 2.13. The Hall–Kier alpha value is -1.21. The molecule has 1 heterocycles. The molecule has 0 radical (unpaired) electrons. The van der Waals surface area contributed by atoms with Crippen molar-refractivity contribution in [1.29, 1.82) is 0 Å². The third kappa shape index (κ3) is 2.96. The molecule has 0 aromatic carbocycles. The molecule has 1 unspecified atom stereocenters. The summed E-state index contributed by atoms with van der Waals surface area (Å²) in [6.45, 7) is 1.41. The summed E-state index contributed by atoms with van der Waals surface area (Å²) in [4.78, 5) is 10.6. The number of hydrogen-bond donors (Lipinski definition) is 3. The number of rotatable bonds is 3. The smallest absolute Gasteiger partial charge is 0.284 e. The van der Waals surface area contributed by atoms with Crippen molar-refractivity contribution in [3.05, 3.63) is 10.7 Å². The lowest BCUT2D eigenvalue weighted by atomic mass is 10.3. The van der Waals surface area contributed by atoms with Crippen molar-refractivity contribution < 1.29 is 14.3 Å². The van der Waals surface area contributed by atoms with Crippen LogP contribution in [0, 0.1) is 4.84 Å². The molecule has 0 fully saturated rings. The summed E-state index contributed by atoms with van der Waals surface area (Å²) >= 11 is 4.60. The first kappa shape index (κ1) is 9.87. The molecule has 1 aromatic rings. The first-order valence-electron chi connectivity index (χ1n) is 3.57. The van der Waals surface area contributed by atoms with Gasteiger partial charge in [0.15, 0.2) is 0 Å². The monoisotopic (exact) mass is 203 g/mol. The van der Waals surface area contributed by atoms with Crippen LogP contribution in [0.15, 0.2) is 4.42 Å². The minimum atomic E-state index is -0.975. The van der Waals surface area contributed by atoms with Gasteiger partial charge in [0.05, 0.1) is 6.54 Å². The molecule has 72 valence electrons. The van der Waals surface area contributed by atoms with Gasteiger partial charge in [0.1, 0.15) is 6.10 Å². The van der Waals surface area contributed by atoms with Crippen LogP contribution in [0.1, 0.15) is 18.9 Å². The molecule has 0 spiro atoms. The fourth-order valence-corrected chi connectivity index (χ4v) is 0.843. The molecule has 1 aromatic heterocycles. The molecule has 0 bridgehead atoms. The van der Waals surface area contributed by atoms with Crippen molar-refractivity contribution >= 4 is 18.1 Å². The predicted molar refractivity (Wildman–Crippen MR) is 45.3 cm³/mol. The van der Waals surface area contributed by atoms with E-state index in [-0.39, 0.29) is 23.2 Å². The maximum Gasteiger partial charge on any atom is 0.284 e. The maximum atomic E-state index is 10.5. The summed E-state index contributed by atoms with van der Waals surface area (Å²) in [5, 5.41) is 17.7. The molecule has 0 saturated heterocycles. The number of amides is 1. The molecule has 13 heavy (non-hydrogen) atoms. The summed E-state index contributed by atoms with van der Waals surface area (Å²) in [6, 6.07) is 0. The first-order chi connectivity index (χ1) is 6.09. The van der Waals surface area contributed by atoms with E-state index in [9.17, 15) is 9.90 Å². The van der Waals surface area contributed by atoms with Gasteiger partial charge in [0.2, 0.25) is 11.8 Å². The third-order valence-electron chi connectivity index (χ3n) is 1.28. The zero-order valence-electron chi connectivity index (χ0n) is 6.90. The molecule has 7 heteroatoms. The van der Waals surface area contributed by atoms with E-state index in [1.807, 2.05) is 0 Å². The lowest BCUT2D eigenvalue weighted by Gasteiger charge is -2.05. The van der Waals surface area contributed by atoms with E-state index in [1.165, 1.54) is 6.92 Å². The van der Waals surface area contributed by atoms with Gasteiger partial charge in [-0.05, 0) is 12.2 Å². The van der Waals surface area contributed by atoms with Crippen LogP contribution in [0.2, 0.25) is 0 Å². The van der Waals surface area contributed by atoms with Crippen LogP contribution < -0.4 is 5.32 Å². The number of H-pyrrole nitrogens is 1. The van der Waals surface area contributed by atoms with E-state index in [0.29, 0.717) is 0 Å². The average Bonchev–Trinajstić information content (AvgIpc) is 2.47. The second kappa shape index (κ2) is 4.15. The molecular weight excluding hydrogens is 194 g/mol. The van der Waals surface area contributed by atoms with Gasteiger partial charge < -0.3 is 14.8 Å². The van der Waals surface area contributed by atoms with Crippen LogP contribution in [-0.2, 0) is 4.79 Å². The van der Waals surface area contributed by atoms with Crippen LogP contribution in [0.3, 0.4) is 0 Å². The van der Waals surface area contributed by atoms with Gasteiger partial charge in [0.25, 0.3) is 4.84 Å². The van der Waals surface area contributed by atoms with Crippen LogP contribution >= 0.6 is 12.2 Å². The Labute approximate surface area is 79.0 Å². The van der Waals surface area contributed by atoms with E-state index in [0.717, 1.165) is 0 Å². The number of carbonyl (C=O) groups is 1. The Morgan fingerprint density at radius 2 is 2.62 bits per heavy atom. The van der Waals surface area contributed by atoms with Gasteiger partial charge in [-0.2, -0.15) is 0 Å². The van der Waals surface area contributed by atoms with Gasteiger partial charge in [-0.1, -0.05) is 0 Å². The zero-order chi connectivity index (χ0) is 9.84. The lowest BCUT2D eigenvalue weighted by Crippen LogP contribution is -2.25. The van der Waals surface area contributed by atoms with Gasteiger partial charge in [0, 0.05) is 6.92 Å². The Kier molecular flexibility index (Phi) is 3.15. The number of aromatic amines is 1. The Balaban J connectivity index is 2.53. The molecule has 1 atom stereocenters. The molecule has 1 amide bonds. The number of nitrogens with zero attached hydrogens (tertiary/aromatic N) is 1. The molecule has 0 saturated carbocycles. The number of aliphatic hydroxyl groups excluding tert-OH is 1. The molecule has 6 nitrogen and oxygen atoms in total. The van der Waals surface area contributed by atoms with E-state index in [1.54, 1.807) is 0 Å². The third-order valence-corrected chi connectivity index (χ3v) is 1.46. The molecule has 1 rings (SSSR count). The minimum absolute atomic E-state index is 0.0540. The van der Waals surface area contributed by atoms with E-state index >= 15 is 0 Å². The van der Waals surface area contributed by atoms with Gasteiger partial charge >= 0.3 is 0 Å². The minimum Gasteiger partial charge on any atom is -0.411 e. The molecular formula is C6H9N3O3S. The quantitative estimate of drug-likeness (QED) is 0.597. The van der Waals surface area contributed by atoms with Crippen LogP contribution in [-0.4, -0.2) is 27.8 Å². The predicted octanol–water partition coefficient (Wildman–Crippen LogP) is -0.0983. The standard InChI is InChI=1S/C6H9N3O3S/c1-3(10)7-2-4(11)5-8-9-6(13)12-5/h4,11H,2H2,1H3,(H,7,10)(H,9,13). The van der Waals surface area contributed by atoms with Crippen molar-refractivity contribution in [2.45, 2.75) is 13.0 Å². The van der Waals surface area contributed by atoms with Gasteiger partial charge in [-0.15, -0.1) is 5.10 Å². The fourth-order valence-electron chi connectivity index (χ4n) is 0.712. The van der Waals surface area contributed by atoms with E-state index in [2.05, 4.69) is 27.7 Å². The van der Waals surface area contributed by atoms with Gasteiger partial charge in [-0.25, -0.2) is 5.10 Å². The summed E-state index contributed by atoms with van der Waals surface area (Å²) in [5.41, 5.74) is 0. The summed E-state index contributed by atoms with van der Waals surface area (Å²) < 4.78 is 4.82. The number of aromatic nitrogens is 2. The largest absolute Gasteiger partial charge is 0.411 e. The molecule has 3 N–H and O–H groups in total. The highest BCUT2D eigenvalue weighted by atomic mass is 32.1.